The lowest BCUT2D eigenvalue weighted by molar-refractivity contribution is -0.120. The van der Waals surface area contributed by atoms with Gasteiger partial charge in [0.15, 0.2) is 0 Å². The quantitative estimate of drug-likeness (QED) is 0.444. The lowest BCUT2D eigenvalue weighted by atomic mass is 9.97. The van der Waals surface area contributed by atoms with E-state index in [1.807, 2.05) is 0 Å². The monoisotopic (exact) mass is 334 g/mol. The molecule has 0 radical (unpaired) electrons. The van der Waals surface area contributed by atoms with Crippen LogP contribution in [0.4, 0.5) is 0 Å². The van der Waals surface area contributed by atoms with E-state index in [0.29, 0.717) is 13.0 Å². The molecule has 1 aromatic heterocycles. The van der Waals surface area contributed by atoms with Gasteiger partial charge in [0.25, 0.3) is 0 Å². The number of carbonyl (C=O) groups is 1. The van der Waals surface area contributed by atoms with Gasteiger partial charge in [-0.15, -0.1) is 5.10 Å². The van der Waals surface area contributed by atoms with Gasteiger partial charge in [-0.05, 0) is 12.1 Å². The van der Waals surface area contributed by atoms with Gasteiger partial charge in [0.1, 0.15) is 7.85 Å². The summed E-state index contributed by atoms with van der Waals surface area (Å²) in [6.45, 7) is 0.662. The molecule has 116 valence electrons. The van der Waals surface area contributed by atoms with Crippen LogP contribution in [0.25, 0.3) is 0 Å². The van der Waals surface area contributed by atoms with Gasteiger partial charge < -0.3 is 5.32 Å². The van der Waals surface area contributed by atoms with Gasteiger partial charge in [0, 0.05) is 24.2 Å². The molecule has 1 aromatic carbocycles. The van der Waals surface area contributed by atoms with Crippen LogP contribution in [0.5, 0.6) is 0 Å². The maximum absolute atomic E-state index is 11.8. The molecule has 1 amide bonds. The number of benzene rings is 1. The Bertz CT molecular complexity index is 603. The molecule has 2 aromatic rings. The number of amides is 1. The standard InChI is InChI=1S/C14H19BN4OS2/c1-19-12(10-17-18-19)8-14(20)16-6-7-21-22-13-4-2-11(9-15)3-5-13/h2-5,10H,6-9,15H2,1H3,(H,16,20). The maximum Gasteiger partial charge on any atom is 0.226 e. The molecule has 0 saturated heterocycles. The molecule has 2 rings (SSSR count). The first-order chi connectivity index (χ1) is 10.7. The van der Waals surface area contributed by atoms with E-state index in [0.717, 1.165) is 17.8 Å². The summed E-state index contributed by atoms with van der Waals surface area (Å²) >= 11 is 0. The molecule has 22 heavy (non-hydrogen) atoms. The Kier molecular flexibility index (Phi) is 6.86. The molecule has 0 aliphatic carbocycles. The van der Waals surface area contributed by atoms with Crippen molar-refractivity contribution in [2.75, 3.05) is 12.3 Å². The van der Waals surface area contributed by atoms with Crippen LogP contribution in [0.3, 0.4) is 0 Å². The minimum absolute atomic E-state index is 0.00305. The predicted octanol–water partition coefficient (Wildman–Crippen LogP) is 1.05. The van der Waals surface area contributed by atoms with Crippen molar-refractivity contribution in [3.8, 4) is 0 Å². The highest BCUT2D eigenvalue weighted by atomic mass is 33.1. The number of nitrogens with one attached hydrogen (secondary N) is 1. The normalized spacial score (nSPS) is 10.6. The number of nitrogens with zero attached hydrogens (tertiary/aromatic N) is 3. The molecular formula is C14H19BN4OS2. The average molecular weight is 334 g/mol. The van der Waals surface area contributed by atoms with Crippen molar-refractivity contribution in [3.63, 3.8) is 0 Å². The summed E-state index contributed by atoms with van der Waals surface area (Å²) in [6, 6.07) is 8.61. The second-order valence-electron chi connectivity index (χ2n) is 4.78. The van der Waals surface area contributed by atoms with Crippen LogP contribution in [0.2, 0.25) is 0 Å². The summed E-state index contributed by atoms with van der Waals surface area (Å²) in [6.07, 6.45) is 3.00. The molecule has 0 bridgehead atoms. The molecule has 1 N–H and O–H groups in total. The molecule has 0 saturated carbocycles. The van der Waals surface area contributed by atoms with E-state index in [-0.39, 0.29) is 5.91 Å². The fraction of sp³-hybridized carbons (Fsp3) is 0.357. The van der Waals surface area contributed by atoms with Gasteiger partial charge >= 0.3 is 0 Å². The number of aromatic nitrogens is 3. The van der Waals surface area contributed by atoms with Gasteiger partial charge in [0.2, 0.25) is 5.91 Å². The Morgan fingerprint density at radius 3 is 2.77 bits per heavy atom. The third-order valence-electron chi connectivity index (χ3n) is 3.14. The van der Waals surface area contributed by atoms with Crippen LogP contribution in [-0.2, 0) is 24.6 Å². The van der Waals surface area contributed by atoms with E-state index in [2.05, 4.69) is 47.7 Å². The summed E-state index contributed by atoms with van der Waals surface area (Å²) in [7, 11) is 7.42. The first-order valence-electron chi connectivity index (χ1n) is 7.17. The topological polar surface area (TPSA) is 59.8 Å². The van der Waals surface area contributed by atoms with Gasteiger partial charge in [-0.25, -0.2) is 0 Å². The second-order valence-corrected chi connectivity index (χ2v) is 7.27. The Balaban J connectivity index is 1.60. The first-order valence-corrected chi connectivity index (χ1v) is 9.49. The Morgan fingerprint density at radius 2 is 2.14 bits per heavy atom. The Labute approximate surface area is 139 Å². The average Bonchev–Trinajstić information content (AvgIpc) is 2.92. The highest BCUT2D eigenvalue weighted by Gasteiger charge is 2.06. The molecule has 0 fully saturated rings. The number of carbonyl (C=O) groups excluding carboxylic acids is 1. The minimum atomic E-state index is 0.00305. The number of hydrogen-bond donors (Lipinski definition) is 1. The summed E-state index contributed by atoms with van der Waals surface area (Å²) in [5.74, 6) is 0.874. The molecule has 5 nitrogen and oxygen atoms in total. The summed E-state index contributed by atoms with van der Waals surface area (Å²) < 4.78 is 1.62. The largest absolute Gasteiger partial charge is 0.355 e. The molecule has 1 heterocycles. The van der Waals surface area contributed by atoms with Crippen molar-refractivity contribution in [2.24, 2.45) is 7.05 Å². The van der Waals surface area contributed by atoms with Crippen molar-refractivity contribution in [1.29, 1.82) is 0 Å². The van der Waals surface area contributed by atoms with Crippen molar-refractivity contribution in [1.82, 2.24) is 20.3 Å². The Hall–Kier alpha value is -1.41. The van der Waals surface area contributed by atoms with Gasteiger partial charge in [0.05, 0.1) is 18.3 Å². The second kappa shape index (κ2) is 8.90. The van der Waals surface area contributed by atoms with E-state index in [4.69, 9.17) is 0 Å². The van der Waals surface area contributed by atoms with E-state index in [1.165, 1.54) is 10.5 Å². The van der Waals surface area contributed by atoms with E-state index in [9.17, 15) is 4.79 Å². The lowest BCUT2D eigenvalue weighted by Gasteiger charge is -2.05. The van der Waals surface area contributed by atoms with Crippen molar-refractivity contribution < 1.29 is 4.79 Å². The van der Waals surface area contributed by atoms with Crippen molar-refractivity contribution >= 4 is 35.3 Å². The summed E-state index contributed by atoms with van der Waals surface area (Å²) in [5.41, 5.74) is 2.17. The third kappa shape index (κ3) is 5.42. The molecule has 0 atom stereocenters. The van der Waals surface area contributed by atoms with Gasteiger partial charge in [-0.3, -0.25) is 9.48 Å². The SMILES string of the molecule is BCc1ccc(SSCCNC(=O)Cc2cnnn2C)cc1. The number of hydrogen-bond acceptors (Lipinski definition) is 5. The third-order valence-corrected chi connectivity index (χ3v) is 5.53. The lowest BCUT2D eigenvalue weighted by Crippen LogP contribution is -2.27. The fourth-order valence-electron chi connectivity index (χ4n) is 1.82. The minimum Gasteiger partial charge on any atom is -0.355 e. The fourth-order valence-corrected chi connectivity index (χ4v) is 3.71. The van der Waals surface area contributed by atoms with Crippen LogP contribution in [0, 0.1) is 0 Å². The number of aryl methyl sites for hydroxylation is 1. The summed E-state index contributed by atoms with van der Waals surface area (Å²) in [4.78, 5) is 13.0. The van der Waals surface area contributed by atoms with Crippen LogP contribution in [0.1, 0.15) is 11.3 Å². The van der Waals surface area contributed by atoms with Crippen LogP contribution < -0.4 is 5.32 Å². The maximum atomic E-state index is 11.8. The molecule has 8 heteroatoms. The molecule has 0 aliphatic heterocycles. The summed E-state index contributed by atoms with van der Waals surface area (Å²) in [5, 5.41) is 10.5. The highest BCUT2D eigenvalue weighted by molar-refractivity contribution is 8.76. The van der Waals surface area contributed by atoms with Crippen LogP contribution >= 0.6 is 21.6 Å². The van der Waals surface area contributed by atoms with E-state index < -0.39 is 0 Å². The predicted molar refractivity (Wildman–Crippen MR) is 94.7 cm³/mol. The van der Waals surface area contributed by atoms with Crippen LogP contribution in [0.15, 0.2) is 35.4 Å². The Morgan fingerprint density at radius 1 is 1.36 bits per heavy atom. The smallest absolute Gasteiger partial charge is 0.226 e. The first kappa shape index (κ1) is 17.0. The zero-order valence-electron chi connectivity index (χ0n) is 12.8. The van der Waals surface area contributed by atoms with Crippen LogP contribution in [-0.4, -0.2) is 41.0 Å². The zero-order valence-corrected chi connectivity index (χ0v) is 14.4. The van der Waals surface area contributed by atoms with Gasteiger partial charge in [-0.2, -0.15) is 0 Å². The molecule has 0 aliphatic rings. The van der Waals surface area contributed by atoms with E-state index in [1.54, 1.807) is 39.5 Å². The highest BCUT2D eigenvalue weighted by Crippen LogP contribution is 2.30. The zero-order chi connectivity index (χ0) is 15.8. The molecule has 0 unspecified atom stereocenters. The number of rotatable bonds is 8. The van der Waals surface area contributed by atoms with Crippen molar-refractivity contribution in [2.45, 2.75) is 17.6 Å². The van der Waals surface area contributed by atoms with Gasteiger partial charge in [-0.1, -0.05) is 50.8 Å². The molecule has 0 spiro atoms. The van der Waals surface area contributed by atoms with Crippen molar-refractivity contribution in [3.05, 3.63) is 41.7 Å². The van der Waals surface area contributed by atoms with E-state index >= 15 is 0 Å². The molecular weight excluding hydrogens is 315 g/mol.